The molecule has 3 aromatic rings. The van der Waals surface area contributed by atoms with Crippen LogP contribution < -0.4 is 21.0 Å². The van der Waals surface area contributed by atoms with Crippen molar-refractivity contribution >= 4 is 23.2 Å². The first-order valence-electron chi connectivity index (χ1n) is 10.4. The highest BCUT2D eigenvalue weighted by molar-refractivity contribution is 6.06. The number of furan rings is 1. The Kier molecular flexibility index (Phi) is 6.50. The van der Waals surface area contributed by atoms with E-state index in [4.69, 9.17) is 9.15 Å². The first-order chi connectivity index (χ1) is 15.6. The lowest BCUT2D eigenvalue weighted by molar-refractivity contribution is -0.123. The molecule has 1 heterocycles. The molecule has 1 aliphatic rings. The van der Waals surface area contributed by atoms with Crippen molar-refractivity contribution in [3.63, 3.8) is 0 Å². The van der Waals surface area contributed by atoms with Crippen LogP contribution in [0.15, 0.2) is 70.2 Å². The number of benzene rings is 2. The number of aryl methyl sites for hydroxylation is 1. The molecule has 2 amide bonds. The van der Waals surface area contributed by atoms with Crippen LogP contribution in [0.3, 0.4) is 0 Å². The number of fused-ring (bicyclic) bond motifs is 1. The smallest absolute Gasteiger partial charge is 0.305 e. The third-order valence-corrected chi connectivity index (χ3v) is 5.05. The lowest BCUT2D eigenvalue weighted by Crippen LogP contribution is -2.29. The highest BCUT2D eigenvalue weighted by Gasteiger charge is 2.28. The quantitative estimate of drug-likeness (QED) is 0.495. The largest absolute Gasteiger partial charge is 0.484 e. The summed E-state index contributed by atoms with van der Waals surface area (Å²) in [5, 5.41) is 4.29. The van der Waals surface area contributed by atoms with Gasteiger partial charge in [0.15, 0.2) is 12.4 Å². The van der Waals surface area contributed by atoms with Crippen LogP contribution in [0.5, 0.6) is 5.75 Å². The van der Waals surface area contributed by atoms with Gasteiger partial charge in [0, 0.05) is 17.5 Å². The van der Waals surface area contributed by atoms with Gasteiger partial charge in [-0.2, -0.15) is 5.10 Å². The standard InChI is InChI=1S/C24H24N4O4/c1-16-22-19(26-27-21(29)15-31-18-11-6-3-7-12-18)13-8-14-20(22)32-23(16)24(30)28-25-17-9-4-2-5-10-17/h2-7,9-12,25H,8,13-15H2,1H3,(H,27,29)(H,28,30)/b26-19+. The van der Waals surface area contributed by atoms with E-state index in [0.29, 0.717) is 35.6 Å². The molecule has 0 bridgehead atoms. The van der Waals surface area contributed by atoms with Crippen LogP contribution in [0.4, 0.5) is 5.69 Å². The van der Waals surface area contributed by atoms with Crippen LogP contribution in [0.2, 0.25) is 0 Å². The van der Waals surface area contributed by atoms with Crippen LogP contribution in [-0.4, -0.2) is 24.1 Å². The molecular formula is C24H24N4O4. The fourth-order valence-electron chi connectivity index (χ4n) is 3.53. The van der Waals surface area contributed by atoms with E-state index in [1.165, 1.54) is 0 Å². The van der Waals surface area contributed by atoms with E-state index in [9.17, 15) is 9.59 Å². The molecule has 1 aromatic heterocycles. The Morgan fingerprint density at radius 2 is 1.75 bits per heavy atom. The van der Waals surface area contributed by atoms with Gasteiger partial charge in [-0.05, 0) is 44.0 Å². The Hall–Kier alpha value is -4.07. The van der Waals surface area contributed by atoms with Crippen molar-refractivity contribution in [1.82, 2.24) is 10.9 Å². The fourth-order valence-corrected chi connectivity index (χ4v) is 3.53. The minimum atomic E-state index is -0.375. The molecule has 0 atom stereocenters. The van der Waals surface area contributed by atoms with E-state index in [0.717, 1.165) is 17.7 Å². The molecule has 0 saturated heterocycles. The van der Waals surface area contributed by atoms with Gasteiger partial charge in [0.05, 0.1) is 11.4 Å². The van der Waals surface area contributed by atoms with Gasteiger partial charge in [-0.1, -0.05) is 36.4 Å². The maximum Gasteiger partial charge on any atom is 0.305 e. The molecule has 0 radical (unpaired) electrons. The van der Waals surface area contributed by atoms with Crippen molar-refractivity contribution in [2.45, 2.75) is 26.2 Å². The maximum absolute atomic E-state index is 12.7. The van der Waals surface area contributed by atoms with Crippen LogP contribution >= 0.6 is 0 Å². The van der Waals surface area contributed by atoms with Crippen LogP contribution in [0.1, 0.15) is 40.3 Å². The Morgan fingerprint density at radius 1 is 1.03 bits per heavy atom. The Labute approximate surface area is 185 Å². The number of hydrogen-bond donors (Lipinski definition) is 3. The third kappa shape index (κ3) is 4.97. The van der Waals surface area contributed by atoms with Crippen molar-refractivity contribution in [2.24, 2.45) is 5.10 Å². The summed E-state index contributed by atoms with van der Waals surface area (Å²) in [6, 6.07) is 18.4. The molecule has 4 rings (SSSR count). The average Bonchev–Trinajstić information content (AvgIpc) is 3.18. The first-order valence-corrected chi connectivity index (χ1v) is 10.4. The van der Waals surface area contributed by atoms with E-state index >= 15 is 0 Å². The van der Waals surface area contributed by atoms with Gasteiger partial charge in [-0.3, -0.25) is 20.4 Å². The zero-order valence-electron chi connectivity index (χ0n) is 17.7. The number of rotatable bonds is 7. The second-order valence-electron chi connectivity index (χ2n) is 7.35. The minimum Gasteiger partial charge on any atom is -0.484 e. The summed E-state index contributed by atoms with van der Waals surface area (Å²) in [6.45, 7) is 1.68. The number of hydrazine groups is 1. The second kappa shape index (κ2) is 9.82. The van der Waals surface area contributed by atoms with E-state index in [1.54, 1.807) is 12.1 Å². The number of hydrogen-bond acceptors (Lipinski definition) is 6. The van der Waals surface area contributed by atoms with E-state index in [1.807, 2.05) is 55.5 Å². The number of carbonyl (C=O) groups is 2. The number of ether oxygens (including phenoxy) is 1. The molecule has 0 saturated carbocycles. The second-order valence-corrected chi connectivity index (χ2v) is 7.35. The van der Waals surface area contributed by atoms with E-state index in [-0.39, 0.29) is 24.2 Å². The van der Waals surface area contributed by atoms with Crippen molar-refractivity contribution in [1.29, 1.82) is 0 Å². The number of nitrogens with zero attached hydrogens (tertiary/aromatic N) is 1. The summed E-state index contributed by atoms with van der Waals surface area (Å²) in [5.74, 6) is 0.805. The summed E-state index contributed by atoms with van der Waals surface area (Å²) in [7, 11) is 0. The van der Waals surface area contributed by atoms with Crippen molar-refractivity contribution in [3.8, 4) is 5.75 Å². The molecule has 0 aliphatic heterocycles. The number of anilines is 1. The molecule has 1 aliphatic carbocycles. The molecule has 0 unspecified atom stereocenters. The van der Waals surface area contributed by atoms with Gasteiger partial charge in [0.2, 0.25) is 0 Å². The number of carbonyl (C=O) groups excluding carboxylic acids is 2. The molecule has 0 fully saturated rings. The van der Waals surface area contributed by atoms with Crippen molar-refractivity contribution < 1.29 is 18.7 Å². The topological polar surface area (TPSA) is 105 Å². The minimum absolute atomic E-state index is 0.142. The first kappa shape index (κ1) is 21.2. The molecule has 2 aromatic carbocycles. The SMILES string of the molecule is Cc1c(C(=O)NNc2ccccc2)oc2c1/C(=N/NC(=O)COc1ccccc1)CCC2. The van der Waals surface area contributed by atoms with Gasteiger partial charge in [0.1, 0.15) is 11.5 Å². The summed E-state index contributed by atoms with van der Waals surface area (Å²) in [6.07, 6.45) is 2.20. The van der Waals surface area contributed by atoms with Crippen LogP contribution in [-0.2, 0) is 11.2 Å². The molecule has 8 heteroatoms. The summed E-state index contributed by atoms with van der Waals surface area (Å²) in [5.41, 5.74) is 11.0. The predicted octanol–water partition coefficient (Wildman–Crippen LogP) is 3.58. The summed E-state index contributed by atoms with van der Waals surface area (Å²) >= 11 is 0. The van der Waals surface area contributed by atoms with E-state index < -0.39 is 0 Å². The van der Waals surface area contributed by atoms with Crippen molar-refractivity contribution in [3.05, 3.63) is 83.3 Å². The van der Waals surface area contributed by atoms with Gasteiger partial charge < -0.3 is 9.15 Å². The van der Waals surface area contributed by atoms with Crippen molar-refractivity contribution in [2.75, 3.05) is 12.0 Å². The fraction of sp³-hybridized carbons (Fsp3) is 0.208. The predicted molar refractivity (Wildman–Crippen MR) is 121 cm³/mol. The van der Waals surface area contributed by atoms with Crippen LogP contribution in [0.25, 0.3) is 0 Å². The normalized spacial score (nSPS) is 13.8. The highest BCUT2D eigenvalue weighted by atomic mass is 16.5. The molecule has 3 N–H and O–H groups in total. The monoisotopic (exact) mass is 432 g/mol. The molecule has 8 nitrogen and oxygen atoms in total. The molecular weight excluding hydrogens is 408 g/mol. The van der Waals surface area contributed by atoms with E-state index in [2.05, 4.69) is 21.4 Å². The number of nitrogens with one attached hydrogen (secondary N) is 3. The number of para-hydroxylation sites is 2. The summed E-state index contributed by atoms with van der Waals surface area (Å²) in [4.78, 5) is 24.8. The van der Waals surface area contributed by atoms with Crippen LogP contribution in [0, 0.1) is 6.92 Å². The Balaban J connectivity index is 1.42. The summed E-state index contributed by atoms with van der Waals surface area (Å²) < 4.78 is 11.3. The molecule has 164 valence electrons. The lowest BCUT2D eigenvalue weighted by Gasteiger charge is -2.13. The zero-order valence-corrected chi connectivity index (χ0v) is 17.7. The maximum atomic E-state index is 12.7. The highest BCUT2D eigenvalue weighted by Crippen LogP contribution is 2.29. The Bertz CT molecular complexity index is 1120. The zero-order chi connectivity index (χ0) is 22.3. The molecule has 32 heavy (non-hydrogen) atoms. The number of hydrazone groups is 1. The average molecular weight is 432 g/mol. The van der Waals surface area contributed by atoms with Gasteiger partial charge in [0.25, 0.3) is 5.91 Å². The van der Waals surface area contributed by atoms with Gasteiger partial charge in [-0.15, -0.1) is 0 Å². The molecule has 0 spiro atoms. The lowest BCUT2D eigenvalue weighted by atomic mass is 9.93. The van der Waals surface area contributed by atoms with Gasteiger partial charge >= 0.3 is 5.91 Å². The third-order valence-electron chi connectivity index (χ3n) is 5.05. The Morgan fingerprint density at radius 3 is 2.50 bits per heavy atom. The number of amides is 2. The van der Waals surface area contributed by atoms with Gasteiger partial charge in [-0.25, -0.2) is 5.43 Å².